The molecule has 2 aromatic heterocycles. The summed E-state index contributed by atoms with van der Waals surface area (Å²) in [5.41, 5.74) is 1.24. The molecule has 1 saturated heterocycles. The minimum Gasteiger partial charge on any atom is -0.354 e. The summed E-state index contributed by atoms with van der Waals surface area (Å²) in [6.07, 6.45) is 0.150. The highest BCUT2D eigenvalue weighted by Gasteiger charge is 2.46. The number of carbonyl (C=O) groups is 1. The minimum absolute atomic E-state index is 0.166. The zero-order valence-corrected chi connectivity index (χ0v) is 16.9. The Kier molecular flexibility index (Phi) is 5.80. The average Bonchev–Trinajstić information content (AvgIpc) is 3.31. The molecule has 0 radical (unpaired) electrons. The van der Waals surface area contributed by atoms with Crippen molar-refractivity contribution in [2.45, 2.75) is 38.0 Å². The number of aromatic nitrogens is 4. The van der Waals surface area contributed by atoms with Crippen molar-refractivity contribution in [3.63, 3.8) is 0 Å². The third kappa shape index (κ3) is 3.73. The number of rotatable bonds is 6. The van der Waals surface area contributed by atoms with Crippen LogP contribution in [0.15, 0.2) is 43.0 Å². The van der Waals surface area contributed by atoms with Gasteiger partial charge < -0.3 is 14.6 Å². The predicted molar refractivity (Wildman–Crippen MR) is 108 cm³/mol. The summed E-state index contributed by atoms with van der Waals surface area (Å²) in [7, 11) is 0.166. The topological polar surface area (TPSA) is 91.2 Å². The highest BCUT2D eigenvalue weighted by molar-refractivity contribution is 7.31. The molecule has 10 heteroatoms. The molecule has 2 unspecified atom stereocenters. The van der Waals surface area contributed by atoms with Crippen molar-refractivity contribution < 1.29 is 18.4 Å². The van der Waals surface area contributed by atoms with Gasteiger partial charge in [0.25, 0.3) is 5.91 Å². The molecule has 0 bridgehead atoms. The summed E-state index contributed by atoms with van der Waals surface area (Å²) in [6, 6.07) is 8.78. The Morgan fingerprint density at radius 1 is 1.31 bits per heavy atom. The fourth-order valence-corrected chi connectivity index (χ4v) is 3.98. The molecule has 8 nitrogen and oxygen atoms in total. The van der Waals surface area contributed by atoms with Crippen molar-refractivity contribution in [1.82, 2.24) is 19.5 Å². The van der Waals surface area contributed by atoms with Crippen molar-refractivity contribution >= 4 is 31.7 Å². The highest BCUT2D eigenvalue weighted by atomic mass is 31.1. The Bertz CT molecular complexity index is 1000. The number of benzene rings is 1. The largest absolute Gasteiger partial charge is 0.354 e. The van der Waals surface area contributed by atoms with Crippen LogP contribution in [0.4, 0.5) is 10.2 Å². The number of amides is 1. The van der Waals surface area contributed by atoms with Crippen molar-refractivity contribution in [2.24, 2.45) is 0 Å². The zero-order valence-electron chi connectivity index (χ0n) is 15.9. The van der Waals surface area contributed by atoms with E-state index in [1.807, 2.05) is 19.7 Å². The quantitative estimate of drug-likeness (QED) is 0.619. The number of carbonyl (C=O) groups excluding carboxylic acids is 1. The van der Waals surface area contributed by atoms with Gasteiger partial charge in [0.1, 0.15) is 12.4 Å². The maximum absolute atomic E-state index is 15.1. The van der Waals surface area contributed by atoms with Crippen molar-refractivity contribution in [2.75, 3.05) is 12.0 Å². The molecule has 1 fully saturated rings. The van der Waals surface area contributed by atoms with Crippen molar-refractivity contribution in [3.8, 4) is 0 Å². The number of halogens is 1. The molecule has 152 valence electrons. The number of hydrogen-bond donors (Lipinski definition) is 1. The Hall–Kier alpha value is -2.48. The predicted octanol–water partition coefficient (Wildman–Crippen LogP) is 3.33. The van der Waals surface area contributed by atoms with Gasteiger partial charge in [-0.1, -0.05) is 25.1 Å². The molecule has 1 aliphatic heterocycles. The van der Waals surface area contributed by atoms with E-state index in [9.17, 15) is 4.79 Å². The van der Waals surface area contributed by atoms with Gasteiger partial charge in [-0.3, -0.25) is 9.36 Å². The normalized spacial score (nSPS) is 24.5. The van der Waals surface area contributed by atoms with E-state index in [0.717, 1.165) is 0 Å². The van der Waals surface area contributed by atoms with Crippen molar-refractivity contribution in [3.05, 3.63) is 48.5 Å². The first-order chi connectivity index (χ1) is 14.1. The lowest BCUT2D eigenvalue weighted by molar-refractivity contribution is -0.0214. The second kappa shape index (κ2) is 8.49. The maximum atomic E-state index is 15.1. The second-order valence-corrected chi connectivity index (χ2v) is 7.21. The molecule has 0 aliphatic carbocycles. The molecule has 3 heterocycles. The van der Waals surface area contributed by atoms with Gasteiger partial charge in [-0.2, -0.15) is 0 Å². The van der Waals surface area contributed by atoms with Crippen LogP contribution in [-0.4, -0.2) is 50.5 Å². The third-order valence-electron chi connectivity index (χ3n) is 4.82. The summed E-state index contributed by atoms with van der Waals surface area (Å²) in [4.78, 5) is 25.1. The van der Waals surface area contributed by atoms with E-state index in [1.54, 1.807) is 24.3 Å². The fraction of sp³-hybridized carbons (Fsp3) is 0.368. The SMILES string of the molecule is CC[C@H]1O[C@@H](n2cnc3c(NC(=O)c4ccccc4)ncnc32)C(F)[C@H]1OPC. The number of hydrogen-bond acceptors (Lipinski definition) is 6. The number of anilines is 1. The van der Waals surface area contributed by atoms with E-state index >= 15 is 4.39 Å². The van der Waals surface area contributed by atoms with E-state index < -0.39 is 18.5 Å². The first kappa shape index (κ1) is 19.8. The Morgan fingerprint density at radius 3 is 2.83 bits per heavy atom. The maximum Gasteiger partial charge on any atom is 0.256 e. The van der Waals surface area contributed by atoms with Crippen LogP contribution in [0.1, 0.15) is 29.9 Å². The summed E-state index contributed by atoms with van der Waals surface area (Å²) >= 11 is 0. The third-order valence-corrected chi connectivity index (χ3v) is 5.33. The lowest BCUT2D eigenvalue weighted by Crippen LogP contribution is -2.29. The molecule has 29 heavy (non-hydrogen) atoms. The smallest absolute Gasteiger partial charge is 0.256 e. The van der Waals surface area contributed by atoms with Crippen molar-refractivity contribution in [1.29, 1.82) is 0 Å². The van der Waals surface area contributed by atoms with E-state index in [0.29, 0.717) is 23.1 Å². The summed E-state index contributed by atoms with van der Waals surface area (Å²) < 4.78 is 28.1. The van der Waals surface area contributed by atoms with E-state index in [-0.39, 0.29) is 26.6 Å². The zero-order chi connectivity index (χ0) is 20.4. The molecule has 0 saturated carbocycles. The molecule has 5 atom stereocenters. The van der Waals surface area contributed by atoms with Crippen LogP contribution in [0.5, 0.6) is 0 Å². The number of ether oxygens (including phenoxy) is 1. The van der Waals surface area contributed by atoms with Crippen LogP contribution in [0, 0.1) is 0 Å². The van der Waals surface area contributed by atoms with Gasteiger partial charge in [0.05, 0.1) is 12.4 Å². The molecule has 0 spiro atoms. The molecule has 3 aromatic rings. The first-order valence-corrected chi connectivity index (χ1v) is 10.7. The number of alkyl halides is 1. The van der Waals surface area contributed by atoms with Gasteiger partial charge in [-0.25, -0.2) is 19.3 Å². The Balaban J connectivity index is 1.63. The molecule has 1 aromatic carbocycles. The molecule has 1 amide bonds. The van der Waals surface area contributed by atoms with E-state index in [2.05, 4.69) is 20.3 Å². The number of nitrogens with zero attached hydrogens (tertiary/aromatic N) is 4. The lowest BCUT2D eigenvalue weighted by atomic mass is 10.1. The van der Waals surface area contributed by atoms with Crippen LogP contribution >= 0.6 is 8.81 Å². The standard InChI is InChI=1S/C19H21FN5O3P/c1-3-12-15(28-29-2)13(20)19(27-12)25-10-23-14-16(21-9-22-17(14)25)24-18(26)11-7-5-4-6-8-11/h4-10,12-13,15,19,29H,3H2,1-2H3,(H,21,22,24,26)/t12-,13?,15+,19-/m1/s1. The number of fused-ring (bicyclic) bond motifs is 1. The minimum atomic E-state index is -1.36. The van der Waals surface area contributed by atoms with Crippen LogP contribution in [0.3, 0.4) is 0 Å². The average molecular weight is 417 g/mol. The second-order valence-electron chi connectivity index (χ2n) is 6.57. The Morgan fingerprint density at radius 2 is 2.10 bits per heavy atom. The van der Waals surface area contributed by atoms with Gasteiger partial charge in [-0.05, 0) is 25.2 Å². The van der Waals surface area contributed by atoms with Gasteiger partial charge in [0.15, 0.2) is 29.4 Å². The monoisotopic (exact) mass is 417 g/mol. The number of imidazole rings is 1. The first-order valence-electron chi connectivity index (χ1n) is 9.30. The lowest BCUT2D eigenvalue weighted by Gasteiger charge is -2.17. The van der Waals surface area contributed by atoms with Crippen LogP contribution in [0.2, 0.25) is 0 Å². The summed E-state index contributed by atoms with van der Waals surface area (Å²) in [5.74, 6) is -0.0602. The van der Waals surface area contributed by atoms with Gasteiger partial charge in [0.2, 0.25) is 0 Å². The summed E-state index contributed by atoms with van der Waals surface area (Å²) in [5, 5.41) is 2.74. The van der Waals surface area contributed by atoms with E-state index in [1.165, 1.54) is 17.2 Å². The molecule has 4 rings (SSSR count). The van der Waals surface area contributed by atoms with Crippen LogP contribution < -0.4 is 5.32 Å². The fourth-order valence-electron chi connectivity index (χ4n) is 3.42. The van der Waals surface area contributed by atoms with Gasteiger partial charge >= 0.3 is 0 Å². The van der Waals surface area contributed by atoms with Crippen LogP contribution in [0.25, 0.3) is 11.2 Å². The highest BCUT2D eigenvalue weighted by Crippen LogP contribution is 2.38. The van der Waals surface area contributed by atoms with Gasteiger partial charge in [-0.15, -0.1) is 0 Å². The number of nitrogens with one attached hydrogen (secondary N) is 1. The van der Waals surface area contributed by atoms with Crippen LogP contribution in [-0.2, 0) is 9.26 Å². The molecular weight excluding hydrogens is 396 g/mol. The van der Waals surface area contributed by atoms with E-state index in [4.69, 9.17) is 9.26 Å². The molecule has 1 N–H and O–H groups in total. The molecular formula is C19H21FN5O3P. The van der Waals surface area contributed by atoms with Gasteiger partial charge in [0, 0.05) is 14.4 Å². The summed E-state index contributed by atoms with van der Waals surface area (Å²) in [6.45, 7) is 3.79. The molecule has 1 aliphatic rings. The Labute approximate surface area is 168 Å².